The predicted octanol–water partition coefficient (Wildman–Crippen LogP) is 4.31. The molecule has 0 spiro atoms. The first-order valence-electron chi connectivity index (χ1n) is 7.28. The Morgan fingerprint density at radius 1 is 0.944 bits per heavy atom. The number of benzene rings is 1. The van der Waals surface area contributed by atoms with Crippen LogP contribution >= 0.6 is 0 Å². The molecule has 2 aliphatic rings. The van der Waals surface area contributed by atoms with Crippen molar-refractivity contribution < 1.29 is 0 Å². The Labute approximate surface area is 110 Å². The second kappa shape index (κ2) is 4.46. The Morgan fingerprint density at radius 3 is 1.94 bits per heavy atom. The minimum Gasteiger partial charge on any atom is -0.359 e. The molecule has 1 heteroatoms. The van der Waals surface area contributed by atoms with Gasteiger partial charge in [-0.05, 0) is 87.1 Å². The normalized spacial score (nSPS) is 17.8. The van der Waals surface area contributed by atoms with Crippen LogP contribution in [0.15, 0.2) is 11.8 Å². The van der Waals surface area contributed by atoms with Crippen molar-refractivity contribution in [2.24, 2.45) is 0 Å². The average molecular weight is 241 g/mol. The molecule has 96 valence electrons. The molecule has 1 N–H and O–H groups in total. The van der Waals surface area contributed by atoms with Crippen molar-refractivity contribution in [1.29, 1.82) is 0 Å². The average Bonchev–Trinajstić information content (AvgIpc) is 3.02. The lowest BCUT2D eigenvalue weighted by molar-refractivity contribution is 0.893. The van der Waals surface area contributed by atoms with E-state index in [-0.39, 0.29) is 0 Å². The molecule has 0 atom stereocenters. The van der Waals surface area contributed by atoms with Crippen LogP contribution in [0.3, 0.4) is 0 Å². The largest absolute Gasteiger partial charge is 0.359 e. The Morgan fingerprint density at radius 2 is 1.44 bits per heavy atom. The molecule has 0 amide bonds. The quantitative estimate of drug-likeness (QED) is 0.813. The van der Waals surface area contributed by atoms with Crippen LogP contribution in [0, 0.1) is 6.92 Å². The fourth-order valence-corrected chi connectivity index (χ4v) is 3.65. The number of fused-ring (bicyclic) bond motifs is 2. The molecule has 0 heterocycles. The second-order valence-electron chi connectivity index (χ2n) is 5.72. The van der Waals surface area contributed by atoms with Crippen LogP contribution < -0.4 is 5.32 Å². The van der Waals surface area contributed by atoms with Crippen molar-refractivity contribution in [3.8, 4) is 0 Å². The summed E-state index contributed by atoms with van der Waals surface area (Å²) in [4.78, 5) is 0. The van der Waals surface area contributed by atoms with Gasteiger partial charge in [0.1, 0.15) is 0 Å². The van der Waals surface area contributed by atoms with E-state index in [9.17, 15) is 0 Å². The molecule has 0 aromatic heterocycles. The molecular weight excluding hydrogens is 218 g/mol. The Hall–Kier alpha value is -1.24. The zero-order valence-electron chi connectivity index (χ0n) is 11.8. The molecule has 0 fully saturated rings. The van der Waals surface area contributed by atoms with Gasteiger partial charge in [-0.2, -0.15) is 0 Å². The summed E-state index contributed by atoms with van der Waals surface area (Å²) in [5, 5.41) is 3.68. The molecule has 0 saturated heterocycles. The zero-order chi connectivity index (χ0) is 12.7. The van der Waals surface area contributed by atoms with Gasteiger partial charge < -0.3 is 5.32 Å². The Kier molecular flexibility index (Phi) is 2.93. The molecule has 3 rings (SSSR count). The van der Waals surface area contributed by atoms with Gasteiger partial charge in [0.25, 0.3) is 0 Å². The van der Waals surface area contributed by atoms with Gasteiger partial charge in [-0.25, -0.2) is 0 Å². The van der Waals surface area contributed by atoms with Crippen LogP contribution in [-0.2, 0) is 25.7 Å². The van der Waals surface area contributed by atoms with Gasteiger partial charge in [0.15, 0.2) is 0 Å². The molecular formula is C17H23N. The maximum atomic E-state index is 3.68. The smallest absolute Gasteiger partial charge is 0.0452 e. The fourth-order valence-electron chi connectivity index (χ4n) is 3.65. The predicted molar refractivity (Wildman–Crippen MR) is 78.3 cm³/mol. The molecule has 0 bridgehead atoms. The first kappa shape index (κ1) is 11.8. The van der Waals surface area contributed by atoms with Gasteiger partial charge in [-0.3, -0.25) is 0 Å². The molecule has 1 aromatic rings. The summed E-state index contributed by atoms with van der Waals surface area (Å²) >= 11 is 0. The fraction of sp³-hybridized carbons (Fsp3) is 0.529. The van der Waals surface area contributed by atoms with E-state index in [4.69, 9.17) is 0 Å². The van der Waals surface area contributed by atoms with Crippen LogP contribution in [-0.4, -0.2) is 0 Å². The minimum absolute atomic E-state index is 1.27. The van der Waals surface area contributed by atoms with Crippen LogP contribution in [0.1, 0.15) is 54.5 Å². The number of allylic oxidation sites excluding steroid dienone is 2. The summed E-state index contributed by atoms with van der Waals surface area (Å²) in [6.45, 7) is 6.63. The monoisotopic (exact) mass is 241 g/mol. The van der Waals surface area contributed by atoms with E-state index in [1.807, 2.05) is 0 Å². The summed E-state index contributed by atoms with van der Waals surface area (Å²) < 4.78 is 0. The van der Waals surface area contributed by atoms with Crippen LogP contribution in [0.25, 0.3) is 0 Å². The molecule has 0 radical (unpaired) electrons. The maximum Gasteiger partial charge on any atom is 0.0452 e. The molecule has 18 heavy (non-hydrogen) atoms. The van der Waals surface area contributed by atoms with Crippen molar-refractivity contribution in [2.45, 2.75) is 59.3 Å². The maximum absolute atomic E-state index is 3.68. The van der Waals surface area contributed by atoms with E-state index in [1.165, 1.54) is 49.9 Å². The first-order chi connectivity index (χ1) is 8.72. The van der Waals surface area contributed by atoms with Crippen molar-refractivity contribution in [3.05, 3.63) is 39.6 Å². The number of rotatable bonds is 2. The Bertz CT molecular complexity index is 488. The van der Waals surface area contributed by atoms with E-state index >= 15 is 0 Å². The molecule has 1 nitrogen and oxygen atoms in total. The number of anilines is 1. The molecule has 0 aliphatic heterocycles. The van der Waals surface area contributed by atoms with Gasteiger partial charge in [-0.15, -0.1) is 0 Å². The molecule has 0 saturated carbocycles. The SMILES string of the molecule is C/C=C(\C)Nc1c2c(c(C)c3c1CCC3)CCC2. The number of hydrogen-bond donors (Lipinski definition) is 1. The standard InChI is InChI=1S/C17H23N/c1-4-11(2)18-17-15-9-5-7-13(15)12(3)14-8-6-10-16(14)17/h4,18H,5-10H2,1-3H3/b11-4+. The van der Waals surface area contributed by atoms with Crippen LogP contribution in [0.4, 0.5) is 5.69 Å². The lowest BCUT2D eigenvalue weighted by Crippen LogP contribution is -2.06. The van der Waals surface area contributed by atoms with Crippen molar-refractivity contribution in [3.63, 3.8) is 0 Å². The minimum atomic E-state index is 1.27. The summed E-state index contributed by atoms with van der Waals surface area (Å²) in [6.07, 6.45) is 9.95. The van der Waals surface area contributed by atoms with Gasteiger partial charge in [0.2, 0.25) is 0 Å². The molecule has 1 aromatic carbocycles. The van der Waals surface area contributed by atoms with Crippen LogP contribution in [0.2, 0.25) is 0 Å². The third kappa shape index (κ3) is 1.68. The third-order valence-corrected chi connectivity index (χ3v) is 4.70. The second-order valence-corrected chi connectivity index (χ2v) is 5.72. The van der Waals surface area contributed by atoms with Crippen molar-refractivity contribution in [1.82, 2.24) is 0 Å². The highest BCUT2D eigenvalue weighted by molar-refractivity contribution is 5.70. The lowest BCUT2D eigenvalue weighted by atomic mass is 9.93. The lowest BCUT2D eigenvalue weighted by Gasteiger charge is -2.19. The highest BCUT2D eigenvalue weighted by atomic mass is 14.9. The summed E-state index contributed by atoms with van der Waals surface area (Å²) in [5.41, 5.74) is 10.9. The highest BCUT2D eigenvalue weighted by Crippen LogP contribution is 2.41. The van der Waals surface area contributed by atoms with Crippen LogP contribution in [0.5, 0.6) is 0 Å². The third-order valence-electron chi connectivity index (χ3n) is 4.70. The van der Waals surface area contributed by atoms with E-state index < -0.39 is 0 Å². The van der Waals surface area contributed by atoms with E-state index in [1.54, 1.807) is 27.8 Å². The molecule has 0 unspecified atom stereocenters. The van der Waals surface area contributed by atoms with Crippen molar-refractivity contribution >= 4 is 5.69 Å². The highest BCUT2D eigenvalue weighted by Gasteiger charge is 2.26. The van der Waals surface area contributed by atoms with Gasteiger partial charge in [-0.1, -0.05) is 6.08 Å². The van der Waals surface area contributed by atoms with Crippen molar-refractivity contribution in [2.75, 3.05) is 5.32 Å². The topological polar surface area (TPSA) is 12.0 Å². The van der Waals surface area contributed by atoms with Gasteiger partial charge >= 0.3 is 0 Å². The molecule has 2 aliphatic carbocycles. The number of nitrogens with one attached hydrogen (secondary N) is 1. The van der Waals surface area contributed by atoms with Gasteiger partial charge in [0.05, 0.1) is 0 Å². The van der Waals surface area contributed by atoms with E-state index in [0.717, 1.165) is 0 Å². The van der Waals surface area contributed by atoms with Gasteiger partial charge in [0, 0.05) is 11.4 Å². The summed E-state index contributed by atoms with van der Waals surface area (Å²) in [6, 6.07) is 0. The zero-order valence-corrected chi connectivity index (χ0v) is 11.8. The number of hydrogen-bond acceptors (Lipinski definition) is 1. The Balaban J connectivity index is 2.18. The first-order valence-corrected chi connectivity index (χ1v) is 7.28. The van der Waals surface area contributed by atoms with E-state index in [2.05, 4.69) is 32.2 Å². The summed E-state index contributed by atoms with van der Waals surface area (Å²) in [7, 11) is 0. The summed E-state index contributed by atoms with van der Waals surface area (Å²) in [5.74, 6) is 0. The van der Waals surface area contributed by atoms with E-state index in [0.29, 0.717) is 0 Å².